The number of carbonyl (C=O) groups excluding carboxylic acids is 1. The average Bonchev–Trinajstić information content (AvgIpc) is 2.44. The van der Waals surface area contributed by atoms with Crippen molar-refractivity contribution in [3.63, 3.8) is 0 Å². The lowest BCUT2D eigenvalue weighted by molar-refractivity contribution is -0.111. The molecule has 0 atom stereocenters. The Kier molecular flexibility index (Phi) is 4.42. The lowest BCUT2D eigenvalue weighted by Crippen LogP contribution is -2.08. The maximum Gasteiger partial charge on any atom is 0.300 e. The van der Waals surface area contributed by atoms with Crippen molar-refractivity contribution in [3.05, 3.63) is 42.1 Å². The molecule has 1 aromatic heterocycles. The third-order valence-corrected chi connectivity index (χ3v) is 2.58. The van der Waals surface area contributed by atoms with E-state index in [0.717, 1.165) is 5.56 Å². The van der Waals surface area contributed by atoms with Crippen molar-refractivity contribution in [1.29, 1.82) is 0 Å². The molecule has 1 aromatic carbocycles. The molecule has 0 radical (unpaired) electrons. The Labute approximate surface area is 123 Å². The van der Waals surface area contributed by atoms with Crippen LogP contribution in [0.1, 0.15) is 12.5 Å². The number of nitrogens with one attached hydrogen (secondary N) is 1. The molecule has 106 valence electrons. The predicted octanol–water partition coefficient (Wildman–Crippen LogP) is 2.73. The van der Waals surface area contributed by atoms with Crippen LogP contribution in [0, 0.1) is 18.8 Å². The molecule has 0 saturated heterocycles. The summed E-state index contributed by atoms with van der Waals surface area (Å²) in [7, 11) is 0. The molecule has 5 nitrogen and oxygen atoms in total. The summed E-state index contributed by atoms with van der Waals surface area (Å²) in [5, 5.41) is 2.64. The molecule has 2 rings (SSSR count). The van der Waals surface area contributed by atoms with E-state index in [1.165, 1.54) is 0 Å². The molecular formula is C16H15N3O2. The summed E-state index contributed by atoms with van der Waals surface area (Å²) in [6, 6.07) is 8.66. The first-order valence-electron chi connectivity index (χ1n) is 6.32. The van der Waals surface area contributed by atoms with Crippen molar-refractivity contribution in [2.24, 2.45) is 0 Å². The molecule has 0 spiro atoms. The van der Waals surface area contributed by atoms with E-state index >= 15 is 0 Å². The molecule has 1 amide bonds. The van der Waals surface area contributed by atoms with E-state index in [1.807, 2.05) is 6.92 Å². The minimum atomic E-state index is -0.351. The molecule has 1 heterocycles. The molecule has 0 bridgehead atoms. The van der Waals surface area contributed by atoms with Gasteiger partial charge in [-0.2, -0.15) is 0 Å². The summed E-state index contributed by atoms with van der Waals surface area (Å²) in [4.78, 5) is 15.5. The van der Waals surface area contributed by atoms with Gasteiger partial charge in [-0.15, -0.1) is 0 Å². The number of nitrogen functional groups attached to an aromatic ring is 1. The minimum Gasteiger partial charge on any atom is -0.437 e. The van der Waals surface area contributed by atoms with Crippen LogP contribution < -0.4 is 15.8 Å². The van der Waals surface area contributed by atoms with Gasteiger partial charge in [0.05, 0.1) is 5.69 Å². The molecule has 0 aliphatic rings. The van der Waals surface area contributed by atoms with Gasteiger partial charge in [0, 0.05) is 11.9 Å². The summed E-state index contributed by atoms with van der Waals surface area (Å²) in [6.07, 6.45) is 1.68. The van der Waals surface area contributed by atoms with Gasteiger partial charge in [0.15, 0.2) is 0 Å². The fourth-order valence-corrected chi connectivity index (χ4v) is 1.66. The number of aromatic nitrogens is 1. The number of ether oxygens (including phenoxy) is 1. The largest absolute Gasteiger partial charge is 0.437 e. The van der Waals surface area contributed by atoms with Crippen molar-refractivity contribution < 1.29 is 9.53 Å². The first kappa shape index (κ1) is 14.4. The standard InChI is InChI=1S/C16H15N3O2/c1-3-4-15(20)19-12-5-7-13(8-6-12)21-16-14(17)9-11(2)10-18-16/h5-10H,17H2,1-2H3,(H,19,20). The Bertz CT molecular complexity index is 713. The molecule has 0 aliphatic carbocycles. The molecule has 3 N–H and O–H groups in total. The van der Waals surface area contributed by atoms with Crippen LogP contribution in [0.15, 0.2) is 36.5 Å². The number of anilines is 2. The van der Waals surface area contributed by atoms with Gasteiger partial charge in [-0.05, 0) is 55.7 Å². The van der Waals surface area contributed by atoms with Gasteiger partial charge in [0.2, 0.25) is 5.88 Å². The van der Waals surface area contributed by atoms with Crippen LogP contribution in [0.2, 0.25) is 0 Å². The molecule has 21 heavy (non-hydrogen) atoms. The monoisotopic (exact) mass is 281 g/mol. The minimum absolute atomic E-state index is 0.351. The van der Waals surface area contributed by atoms with Gasteiger partial charge < -0.3 is 15.8 Å². The first-order chi connectivity index (χ1) is 10.1. The van der Waals surface area contributed by atoms with E-state index in [-0.39, 0.29) is 5.91 Å². The van der Waals surface area contributed by atoms with Crippen LogP contribution in [0.25, 0.3) is 0 Å². The highest BCUT2D eigenvalue weighted by Gasteiger charge is 2.04. The number of carbonyl (C=O) groups is 1. The van der Waals surface area contributed by atoms with E-state index in [0.29, 0.717) is 23.0 Å². The third kappa shape index (κ3) is 3.98. The highest BCUT2D eigenvalue weighted by atomic mass is 16.5. The van der Waals surface area contributed by atoms with Crippen molar-refractivity contribution in [3.8, 4) is 23.5 Å². The molecule has 0 unspecified atom stereocenters. The normalized spacial score (nSPS) is 9.43. The van der Waals surface area contributed by atoms with Crippen molar-refractivity contribution in [2.45, 2.75) is 13.8 Å². The zero-order valence-electron chi connectivity index (χ0n) is 11.8. The predicted molar refractivity (Wildman–Crippen MR) is 82.0 cm³/mol. The first-order valence-corrected chi connectivity index (χ1v) is 6.32. The maximum absolute atomic E-state index is 11.3. The number of hydrogen-bond donors (Lipinski definition) is 2. The fourth-order valence-electron chi connectivity index (χ4n) is 1.66. The van der Waals surface area contributed by atoms with Crippen molar-refractivity contribution in [1.82, 2.24) is 4.98 Å². The van der Waals surface area contributed by atoms with Crippen LogP contribution in [0.5, 0.6) is 11.6 Å². The Hall–Kier alpha value is -3.00. The van der Waals surface area contributed by atoms with Gasteiger partial charge in [0.25, 0.3) is 5.91 Å². The topological polar surface area (TPSA) is 77.2 Å². The second-order valence-corrected chi connectivity index (χ2v) is 4.36. The maximum atomic E-state index is 11.3. The number of nitrogens with two attached hydrogens (primary N) is 1. The summed E-state index contributed by atoms with van der Waals surface area (Å²) in [5.74, 6) is 5.52. The van der Waals surface area contributed by atoms with E-state index < -0.39 is 0 Å². The Morgan fingerprint density at radius 1 is 1.33 bits per heavy atom. The molecule has 0 aliphatic heterocycles. The van der Waals surface area contributed by atoms with Gasteiger partial charge in [0.1, 0.15) is 5.75 Å². The SMILES string of the molecule is CC#CC(=O)Nc1ccc(Oc2ncc(C)cc2N)cc1. The number of nitrogens with zero attached hydrogens (tertiary/aromatic N) is 1. The van der Waals surface area contributed by atoms with Gasteiger partial charge >= 0.3 is 0 Å². The van der Waals surface area contributed by atoms with Gasteiger partial charge in [-0.25, -0.2) is 4.98 Å². The highest BCUT2D eigenvalue weighted by molar-refractivity contribution is 6.03. The van der Waals surface area contributed by atoms with Gasteiger partial charge in [-0.3, -0.25) is 4.79 Å². The lowest BCUT2D eigenvalue weighted by Gasteiger charge is -2.08. The molecule has 0 fully saturated rings. The third-order valence-electron chi connectivity index (χ3n) is 2.58. The summed E-state index contributed by atoms with van der Waals surface area (Å²) < 4.78 is 5.59. The second kappa shape index (κ2) is 6.44. The number of hydrogen-bond acceptors (Lipinski definition) is 4. The van der Waals surface area contributed by atoms with Gasteiger partial charge in [-0.1, -0.05) is 5.92 Å². The average molecular weight is 281 g/mol. The molecule has 0 saturated carbocycles. The van der Waals surface area contributed by atoms with Crippen LogP contribution in [0.3, 0.4) is 0 Å². The quantitative estimate of drug-likeness (QED) is 0.848. The Morgan fingerprint density at radius 2 is 2.05 bits per heavy atom. The number of benzene rings is 1. The van der Waals surface area contributed by atoms with E-state index in [2.05, 4.69) is 22.1 Å². The van der Waals surface area contributed by atoms with Crippen LogP contribution in [-0.4, -0.2) is 10.9 Å². The lowest BCUT2D eigenvalue weighted by atomic mass is 10.3. The highest BCUT2D eigenvalue weighted by Crippen LogP contribution is 2.26. The summed E-state index contributed by atoms with van der Waals surface area (Å²) in [5.41, 5.74) is 7.92. The molecular weight excluding hydrogens is 266 g/mol. The summed E-state index contributed by atoms with van der Waals surface area (Å²) >= 11 is 0. The van der Waals surface area contributed by atoms with E-state index in [1.54, 1.807) is 43.5 Å². The number of rotatable bonds is 3. The fraction of sp³-hybridized carbons (Fsp3) is 0.125. The van der Waals surface area contributed by atoms with E-state index in [4.69, 9.17) is 10.5 Å². The summed E-state index contributed by atoms with van der Waals surface area (Å²) in [6.45, 7) is 3.51. The zero-order valence-corrected chi connectivity index (χ0v) is 11.8. The number of aryl methyl sites for hydroxylation is 1. The van der Waals surface area contributed by atoms with Crippen LogP contribution in [0.4, 0.5) is 11.4 Å². The number of amides is 1. The zero-order chi connectivity index (χ0) is 15.2. The second-order valence-electron chi connectivity index (χ2n) is 4.36. The van der Waals surface area contributed by atoms with Crippen LogP contribution >= 0.6 is 0 Å². The number of pyridine rings is 1. The molecule has 5 heteroatoms. The van der Waals surface area contributed by atoms with Crippen LogP contribution in [-0.2, 0) is 4.79 Å². The van der Waals surface area contributed by atoms with Crippen molar-refractivity contribution >= 4 is 17.3 Å². The van der Waals surface area contributed by atoms with E-state index in [9.17, 15) is 4.79 Å². The smallest absolute Gasteiger partial charge is 0.300 e. The van der Waals surface area contributed by atoms with Crippen molar-refractivity contribution in [2.75, 3.05) is 11.1 Å². The Morgan fingerprint density at radius 3 is 2.67 bits per heavy atom. The Balaban J connectivity index is 2.08. The molecule has 2 aromatic rings.